The summed E-state index contributed by atoms with van der Waals surface area (Å²) in [5, 5.41) is 2.53. The van der Waals surface area contributed by atoms with Crippen LogP contribution < -0.4 is 14.8 Å². The van der Waals surface area contributed by atoms with Gasteiger partial charge in [0.2, 0.25) is 10.0 Å². The standard InChI is InChI=1S/C35H55N3O10S/c1-9-10-11-12-13-14-15-16-17-18-21-49(44,45)36-23-24(2)47-31(41)25-19-20-26(27(22-25)46-8)37-30(40)28(29(39)34(3,4)5)38-32(42)35(6,7)48-33(38)43/h19-20,22,24,28,36H,9-18,21,23H2,1-8H3,(H,37,40). The molecule has 3 amide bonds. The van der Waals surface area contributed by atoms with Gasteiger partial charge in [0.05, 0.1) is 24.1 Å². The summed E-state index contributed by atoms with van der Waals surface area (Å²) in [5.74, 6) is -3.23. The fourth-order valence-corrected chi connectivity index (χ4v) is 6.40. The molecule has 2 N–H and O–H groups in total. The van der Waals surface area contributed by atoms with E-state index in [-0.39, 0.29) is 29.3 Å². The van der Waals surface area contributed by atoms with Gasteiger partial charge in [-0.15, -0.1) is 0 Å². The number of sulfonamides is 1. The Kier molecular flexibility index (Phi) is 15.7. The van der Waals surface area contributed by atoms with Gasteiger partial charge < -0.3 is 19.5 Å². The molecule has 0 radical (unpaired) electrons. The van der Waals surface area contributed by atoms with Crippen molar-refractivity contribution in [3.63, 3.8) is 0 Å². The molecule has 1 aromatic rings. The second-order valence-corrected chi connectivity index (χ2v) is 16.0. The van der Waals surface area contributed by atoms with Crippen LogP contribution >= 0.6 is 0 Å². The van der Waals surface area contributed by atoms with E-state index in [4.69, 9.17) is 14.2 Å². The summed E-state index contributed by atoms with van der Waals surface area (Å²) >= 11 is 0. The van der Waals surface area contributed by atoms with Crippen LogP contribution in [0.5, 0.6) is 5.75 Å². The largest absolute Gasteiger partial charge is 0.495 e. The van der Waals surface area contributed by atoms with Crippen LogP contribution in [-0.2, 0) is 33.9 Å². The van der Waals surface area contributed by atoms with Gasteiger partial charge in [-0.05, 0) is 45.4 Å². The highest BCUT2D eigenvalue weighted by Gasteiger charge is 2.55. The van der Waals surface area contributed by atoms with Crippen LogP contribution in [0.15, 0.2) is 18.2 Å². The Morgan fingerprint density at radius 3 is 2.04 bits per heavy atom. The van der Waals surface area contributed by atoms with Crippen LogP contribution in [0.3, 0.4) is 0 Å². The first-order valence-electron chi connectivity index (χ1n) is 17.1. The molecule has 0 spiro atoms. The minimum absolute atomic E-state index is 0.00161. The van der Waals surface area contributed by atoms with E-state index >= 15 is 0 Å². The number of hydrogen-bond donors (Lipinski definition) is 2. The van der Waals surface area contributed by atoms with E-state index in [0.717, 1.165) is 19.3 Å². The number of Topliss-reactive ketones (excluding diaryl/α,β-unsaturated/α-hetero) is 1. The molecular formula is C35H55N3O10S. The molecule has 0 aliphatic carbocycles. The number of rotatable bonds is 21. The predicted molar refractivity (Wildman–Crippen MR) is 186 cm³/mol. The number of imide groups is 1. The molecule has 0 saturated carbocycles. The van der Waals surface area contributed by atoms with Crippen LogP contribution in [0.25, 0.3) is 0 Å². The Balaban J connectivity index is 1.97. The number of anilines is 1. The number of cyclic esters (lactones) is 1. The van der Waals surface area contributed by atoms with E-state index in [1.807, 2.05) is 0 Å². The van der Waals surface area contributed by atoms with Crippen molar-refractivity contribution < 1.29 is 46.6 Å². The van der Waals surface area contributed by atoms with Crippen molar-refractivity contribution in [1.29, 1.82) is 0 Å². The summed E-state index contributed by atoms with van der Waals surface area (Å²) in [6.07, 6.45) is 9.06. The summed E-state index contributed by atoms with van der Waals surface area (Å²) in [6, 6.07) is 2.17. The minimum Gasteiger partial charge on any atom is -0.495 e. The molecule has 276 valence electrons. The smallest absolute Gasteiger partial charge is 0.418 e. The summed E-state index contributed by atoms with van der Waals surface area (Å²) in [7, 11) is -2.23. The van der Waals surface area contributed by atoms with Crippen LogP contribution in [0.2, 0.25) is 0 Å². The van der Waals surface area contributed by atoms with E-state index in [1.165, 1.54) is 77.7 Å². The van der Waals surface area contributed by atoms with Gasteiger partial charge in [-0.1, -0.05) is 85.5 Å². The molecule has 2 unspecified atom stereocenters. The molecule has 1 fully saturated rings. The topological polar surface area (TPSA) is 174 Å². The van der Waals surface area contributed by atoms with Gasteiger partial charge >= 0.3 is 12.1 Å². The lowest BCUT2D eigenvalue weighted by atomic mass is 9.85. The number of ketones is 1. The van der Waals surface area contributed by atoms with Gasteiger partial charge in [0.1, 0.15) is 11.9 Å². The first-order chi connectivity index (χ1) is 22.8. The number of esters is 1. The molecular weight excluding hydrogens is 654 g/mol. The maximum absolute atomic E-state index is 13.5. The van der Waals surface area contributed by atoms with Gasteiger partial charge in [0.25, 0.3) is 11.8 Å². The average Bonchev–Trinajstić information content (AvgIpc) is 3.22. The minimum atomic E-state index is -3.53. The van der Waals surface area contributed by atoms with Gasteiger partial charge in [0.15, 0.2) is 17.4 Å². The number of benzene rings is 1. The number of amides is 3. The molecule has 49 heavy (non-hydrogen) atoms. The maximum atomic E-state index is 13.5. The van der Waals surface area contributed by atoms with Crippen molar-refractivity contribution >= 4 is 45.4 Å². The van der Waals surface area contributed by atoms with Crippen molar-refractivity contribution in [1.82, 2.24) is 9.62 Å². The summed E-state index contributed by atoms with van der Waals surface area (Å²) in [5.41, 5.74) is -2.55. The van der Waals surface area contributed by atoms with Crippen LogP contribution in [-0.4, -0.2) is 80.1 Å². The van der Waals surface area contributed by atoms with Crippen LogP contribution in [0.4, 0.5) is 10.5 Å². The normalized spacial score (nSPS) is 15.8. The monoisotopic (exact) mass is 709 g/mol. The Labute approximate surface area is 291 Å². The molecule has 1 aliphatic heterocycles. The highest BCUT2D eigenvalue weighted by molar-refractivity contribution is 7.89. The Morgan fingerprint density at radius 1 is 0.959 bits per heavy atom. The second-order valence-electron chi connectivity index (χ2n) is 14.0. The van der Waals surface area contributed by atoms with E-state index in [2.05, 4.69) is 17.0 Å². The predicted octanol–water partition coefficient (Wildman–Crippen LogP) is 5.76. The van der Waals surface area contributed by atoms with Crippen molar-refractivity contribution in [3.8, 4) is 5.75 Å². The molecule has 2 rings (SSSR count). The zero-order valence-corrected chi connectivity index (χ0v) is 31.1. The van der Waals surface area contributed by atoms with Crippen LogP contribution in [0.1, 0.15) is 123 Å². The van der Waals surface area contributed by atoms with Crippen LogP contribution in [0, 0.1) is 5.41 Å². The Bertz CT molecular complexity index is 1440. The molecule has 0 bridgehead atoms. The molecule has 2 atom stereocenters. The van der Waals surface area contributed by atoms with Gasteiger partial charge in [-0.25, -0.2) is 27.6 Å². The SMILES string of the molecule is CCCCCCCCCCCCS(=O)(=O)NCC(C)OC(=O)c1ccc(NC(=O)C(C(=O)C(C)(C)C)N2C(=O)OC(C)(C)C2=O)c(OC)c1. The number of methoxy groups -OCH3 is 1. The zero-order chi connectivity index (χ0) is 37.0. The lowest BCUT2D eigenvalue weighted by Crippen LogP contribution is -2.55. The lowest BCUT2D eigenvalue weighted by Gasteiger charge is -2.28. The molecule has 1 aliphatic rings. The summed E-state index contributed by atoms with van der Waals surface area (Å²) < 4.78 is 43.3. The highest BCUT2D eigenvalue weighted by Crippen LogP contribution is 2.31. The molecule has 13 nitrogen and oxygen atoms in total. The molecule has 1 aromatic carbocycles. The fourth-order valence-electron chi connectivity index (χ4n) is 5.18. The number of nitrogens with one attached hydrogen (secondary N) is 2. The van der Waals surface area contributed by atoms with E-state index < -0.39 is 62.8 Å². The molecule has 1 heterocycles. The van der Waals surface area contributed by atoms with Crippen molar-refractivity contribution in [2.45, 2.75) is 130 Å². The number of carbonyl (C=O) groups excluding carboxylic acids is 5. The number of carbonyl (C=O) groups is 5. The van der Waals surface area contributed by atoms with E-state index in [1.54, 1.807) is 27.7 Å². The van der Waals surface area contributed by atoms with E-state index in [9.17, 15) is 32.4 Å². The average molecular weight is 710 g/mol. The third-order valence-corrected chi connectivity index (χ3v) is 9.56. The number of ether oxygens (including phenoxy) is 3. The first kappa shape index (κ1) is 41.7. The quantitative estimate of drug-likeness (QED) is 0.0907. The fraction of sp³-hybridized carbons (Fsp3) is 0.686. The Hall–Kier alpha value is -3.52. The molecule has 1 saturated heterocycles. The Morgan fingerprint density at radius 2 is 1.53 bits per heavy atom. The third-order valence-electron chi connectivity index (χ3n) is 8.13. The summed E-state index contributed by atoms with van der Waals surface area (Å²) in [4.78, 5) is 65.8. The van der Waals surface area contributed by atoms with E-state index in [0.29, 0.717) is 11.3 Å². The van der Waals surface area contributed by atoms with Gasteiger partial charge in [-0.2, -0.15) is 0 Å². The molecule has 14 heteroatoms. The molecule has 0 aromatic heterocycles. The number of unbranched alkanes of at least 4 members (excludes halogenated alkanes) is 9. The zero-order valence-electron chi connectivity index (χ0n) is 30.3. The third kappa shape index (κ3) is 12.7. The highest BCUT2D eigenvalue weighted by atomic mass is 32.2. The lowest BCUT2D eigenvalue weighted by molar-refractivity contribution is -0.145. The summed E-state index contributed by atoms with van der Waals surface area (Å²) in [6.45, 7) is 11.0. The van der Waals surface area contributed by atoms with Crippen molar-refractivity contribution in [2.75, 3.05) is 24.7 Å². The number of hydrogen-bond acceptors (Lipinski definition) is 10. The maximum Gasteiger partial charge on any atom is 0.418 e. The van der Waals surface area contributed by atoms with Crippen molar-refractivity contribution in [2.24, 2.45) is 5.41 Å². The van der Waals surface area contributed by atoms with Crippen molar-refractivity contribution in [3.05, 3.63) is 23.8 Å². The van der Waals surface area contributed by atoms with Gasteiger partial charge in [-0.3, -0.25) is 14.4 Å². The van der Waals surface area contributed by atoms with Gasteiger partial charge in [0, 0.05) is 12.0 Å². The first-order valence-corrected chi connectivity index (χ1v) is 18.8. The second kappa shape index (κ2) is 18.5. The number of nitrogens with zero attached hydrogens (tertiary/aromatic N) is 1.